The second-order valence-electron chi connectivity index (χ2n) is 4.99. The Hall–Kier alpha value is -1.41. The third-order valence-electron chi connectivity index (χ3n) is 2.55. The van der Waals surface area contributed by atoms with E-state index >= 15 is 0 Å². The molecule has 0 aliphatic carbocycles. The topological polar surface area (TPSA) is 101 Å². The summed E-state index contributed by atoms with van der Waals surface area (Å²) in [6, 6.07) is -0.238. The third-order valence-corrected chi connectivity index (χ3v) is 4.11. The Morgan fingerprint density at radius 2 is 2.10 bits per heavy atom. The number of carbonyl (C=O) groups excluding carboxylic acids is 1. The van der Waals surface area contributed by atoms with Crippen LogP contribution in [-0.4, -0.2) is 37.2 Å². The minimum atomic E-state index is -3.82. The largest absolute Gasteiger partial charge is 0.462 e. The summed E-state index contributed by atoms with van der Waals surface area (Å²) >= 11 is 0. The van der Waals surface area contributed by atoms with Crippen molar-refractivity contribution in [3.05, 3.63) is 11.8 Å². The lowest BCUT2D eigenvalue weighted by Crippen LogP contribution is -2.34. The zero-order chi connectivity index (χ0) is 15.3. The lowest BCUT2D eigenvalue weighted by atomic mass is 10.1. The minimum Gasteiger partial charge on any atom is -0.462 e. The van der Waals surface area contributed by atoms with Crippen molar-refractivity contribution in [2.24, 2.45) is 5.92 Å². The Morgan fingerprint density at radius 3 is 2.65 bits per heavy atom. The van der Waals surface area contributed by atoms with E-state index in [1.165, 1.54) is 0 Å². The van der Waals surface area contributed by atoms with Gasteiger partial charge in [-0.05, 0) is 26.2 Å². The van der Waals surface area contributed by atoms with Crippen LogP contribution in [0.1, 0.15) is 44.5 Å². The van der Waals surface area contributed by atoms with Crippen LogP contribution in [-0.2, 0) is 14.8 Å². The molecule has 8 heteroatoms. The Bertz CT molecular complexity index is 551. The summed E-state index contributed by atoms with van der Waals surface area (Å²) in [4.78, 5) is 11.7. The average Bonchev–Trinajstić information content (AvgIpc) is 2.76. The van der Waals surface area contributed by atoms with Crippen LogP contribution < -0.4 is 4.72 Å². The maximum atomic E-state index is 12.2. The maximum absolute atomic E-state index is 12.2. The molecule has 0 aliphatic rings. The van der Waals surface area contributed by atoms with E-state index in [9.17, 15) is 13.2 Å². The molecule has 0 radical (unpaired) electrons. The molecule has 0 aromatic carbocycles. The molecule has 2 N–H and O–H groups in total. The number of nitrogens with zero attached hydrogens (tertiary/aromatic N) is 1. The molecule has 1 atom stereocenters. The monoisotopic (exact) mass is 303 g/mol. The van der Waals surface area contributed by atoms with Gasteiger partial charge < -0.3 is 4.74 Å². The van der Waals surface area contributed by atoms with E-state index in [0.29, 0.717) is 12.3 Å². The van der Waals surface area contributed by atoms with Crippen LogP contribution in [0.3, 0.4) is 0 Å². The van der Waals surface area contributed by atoms with Crippen molar-refractivity contribution in [3.63, 3.8) is 0 Å². The predicted octanol–water partition coefficient (Wildman–Crippen LogP) is 1.30. The zero-order valence-electron chi connectivity index (χ0n) is 12.1. The minimum absolute atomic E-state index is 0.0869. The van der Waals surface area contributed by atoms with Crippen molar-refractivity contribution in [2.75, 3.05) is 6.61 Å². The van der Waals surface area contributed by atoms with E-state index in [2.05, 4.69) is 14.9 Å². The van der Waals surface area contributed by atoms with Gasteiger partial charge in [0, 0.05) is 6.04 Å². The van der Waals surface area contributed by atoms with Crippen LogP contribution in [0.5, 0.6) is 0 Å². The molecule has 1 heterocycles. The summed E-state index contributed by atoms with van der Waals surface area (Å²) in [6.45, 7) is 7.60. The molecule has 1 aromatic heterocycles. The second kappa shape index (κ2) is 6.85. The number of esters is 1. The first-order valence-corrected chi connectivity index (χ1v) is 7.99. The fourth-order valence-corrected chi connectivity index (χ4v) is 3.25. The van der Waals surface area contributed by atoms with E-state index in [1.807, 2.05) is 13.8 Å². The molecule has 0 fully saturated rings. The quantitative estimate of drug-likeness (QED) is 0.739. The first kappa shape index (κ1) is 16.6. The predicted molar refractivity (Wildman–Crippen MR) is 73.8 cm³/mol. The number of ether oxygens (including phenoxy) is 1. The van der Waals surface area contributed by atoms with Gasteiger partial charge in [-0.15, -0.1) is 0 Å². The fourth-order valence-electron chi connectivity index (χ4n) is 1.91. The highest BCUT2D eigenvalue weighted by molar-refractivity contribution is 7.89. The molecule has 20 heavy (non-hydrogen) atoms. The van der Waals surface area contributed by atoms with Gasteiger partial charge >= 0.3 is 5.97 Å². The van der Waals surface area contributed by atoms with Gasteiger partial charge in [-0.1, -0.05) is 13.8 Å². The molecule has 0 aliphatic heterocycles. The van der Waals surface area contributed by atoms with E-state index in [4.69, 9.17) is 4.74 Å². The zero-order valence-corrected chi connectivity index (χ0v) is 13.0. The van der Waals surface area contributed by atoms with E-state index in [-0.39, 0.29) is 23.2 Å². The van der Waals surface area contributed by atoms with Gasteiger partial charge in [0.25, 0.3) is 10.0 Å². The van der Waals surface area contributed by atoms with E-state index in [0.717, 1.165) is 6.20 Å². The summed E-state index contributed by atoms with van der Waals surface area (Å²) in [6.07, 6.45) is 1.85. The first-order valence-electron chi connectivity index (χ1n) is 6.50. The van der Waals surface area contributed by atoms with Gasteiger partial charge in [0.1, 0.15) is 5.56 Å². The Balaban J connectivity index is 2.94. The molecular formula is C12H21N3O4S. The van der Waals surface area contributed by atoms with Gasteiger partial charge in [-0.2, -0.15) is 5.10 Å². The number of nitrogens with one attached hydrogen (secondary N) is 2. The molecule has 0 amide bonds. The van der Waals surface area contributed by atoms with Crippen molar-refractivity contribution in [1.82, 2.24) is 14.9 Å². The van der Waals surface area contributed by atoms with Crippen molar-refractivity contribution in [3.8, 4) is 0 Å². The second-order valence-corrected chi connectivity index (χ2v) is 6.64. The highest BCUT2D eigenvalue weighted by atomic mass is 32.2. The third kappa shape index (κ3) is 4.31. The molecule has 7 nitrogen and oxygen atoms in total. The van der Waals surface area contributed by atoms with Crippen LogP contribution in [0.4, 0.5) is 0 Å². The smallest absolute Gasteiger partial charge is 0.342 e. The Labute approximate surface area is 119 Å². The molecule has 114 valence electrons. The Morgan fingerprint density at radius 1 is 1.45 bits per heavy atom. The number of carbonyl (C=O) groups is 1. The molecule has 1 aromatic rings. The number of aromatic amines is 1. The number of hydrogen-bond donors (Lipinski definition) is 2. The fraction of sp³-hybridized carbons (Fsp3) is 0.667. The van der Waals surface area contributed by atoms with Gasteiger partial charge in [0.15, 0.2) is 5.03 Å². The first-order chi connectivity index (χ1) is 9.27. The van der Waals surface area contributed by atoms with Crippen LogP contribution in [0.2, 0.25) is 0 Å². The maximum Gasteiger partial charge on any atom is 0.342 e. The normalized spacial score (nSPS) is 13.4. The lowest BCUT2D eigenvalue weighted by Gasteiger charge is -2.15. The molecule has 0 bridgehead atoms. The summed E-state index contributed by atoms with van der Waals surface area (Å²) < 4.78 is 31.8. The number of H-pyrrole nitrogens is 1. The van der Waals surface area contributed by atoms with Crippen molar-refractivity contribution in [2.45, 2.75) is 45.2 Å². The summed E-state index contributed by atoms with van der Waals surface area (Å²) in [7, 11) is -3.82. The van der Waals surface area contributed by atoms with Crippen LogP contribution in [0.25, 0.3) is 0 Å². The molecule has 0 saturated heterocycles. The number of sulfonamides is 1. The van der Waals surface area contributed by atoms with Gasteiger partial charge in [-0.25, -0.2) is 17.9 Å². The Kier molecular flexibility index (Phi) is 5.70. The number of aromatic nitrogens is 2. The van der Waals surface area contributed by atoms with Crippen molar-refractivity contribution >= 4 is 16.0 Å². The van der Waals surface area contributed by atoms with Crippen LogP contribution in [0, 0.1) is 5.92 Å². The molecule has 0 saturated carbocycles. The number of hydrogen-bond acceptors (Lipinski definition) is 5. The van der Waals surface area contributed by atoms with E-state index in [1.54, 1.807) is 13.8 Å². The molecule has 1 unspecified atom stereocenters. The van der Waals surface area contributed by atoms with Crippen molar-refractivity contribution < 1.29 is 17.9 Å². The van der Waals surface area contributed by atoms with Crippen molar-refractivity contribution in [1.29, 1.82) is 0 Å². The van der Waals surface area contributed by atoms with Gasteiger partial charge in [0.05, 0.1) is 12.8 Å². The number of rotatable bonds is 7. The SMILES string of the molecule is CCOC(=O)c1cn[nH]c1S(=O)(=O)NC(C)CC(C)C. The van der Waals surface area contributed by atoms with Gasteiger partial charge in [-0.3, -0.25) is 5.10 Å². The molecule has 1 rings (SSSR count). The van der Waals surface area contributed by atoms with Crippen LogP contribution >= 0.6 is 0 Å². The van der Waals surface area contributed by atoms with E-state index < -0.39 is 16.0 Å². The average molecular weight is 303 g/mol. The summed E-state index contributed by atoms with van der Waals surface area (Å²) in [5.74, 6) is -0.350. The molecular weight excluding hydrogens is 282 g/mol. The van der Waals surface area contributed by atoms with Crippen LogP contribution in [0.15, 0.2) is 11.2 Å². The summed E-state index contributed by atoms with van der Waals surface area (Å²) in [5.41, 5.74) is -0.0869. The summed E-state index contributed by atoms with van der Waals surface area (Å²) in [5, 5.41) is 5.70. The highest BCUT2D eigenvalue weighted by Gasteiger charge is 2.27. The van der Waals surface area contributed by atoms with Gasteiger partial charge in [0.2, 0.25) is 0 Å². The highest BCUT2D eigenvalue weighted by Crippen LogP contribution is 2.15. The molecule has 0 spiro atoms. The lowest BCUT2D eigenvalue weighted by molar-refractivity contribution is 0.0522. The standard InChI is InChI=1S/C12H21N3O4S/c1-5-19-12(16)10-7-13-14-11(10)20(17,18)15-9(4)6-8(2)3/h7-9,15H,5-6H2,1-4H3,(H,13,14).